The number of anilines is 1. The number of nitrogens with one attached hydrogen (secondary N) is 1. The van der Waals surface area contributed by atoms with Crippen LogP contribution in [-0.4, -0.2) is 36.3 Å². The fourth-order valence-electron chi connectivity index (χ4n) is 4.72. The van der Waals surface area contributed by atoms with Crippen LogP contribution in [0, 0.1) is 0 Å². The summed E-state index contributed by atoms with van der Waals surface area (Å²) in [6, 6.07) is 17.6. The Bertz CT molecular complexity index is 1260. The first-order chi connectivity index (χ1) is 16.8. The van der Waals surface area contributed by atoms with Crippen LogP contribution in [0.5, 0.6) is 0 Å². The highest BCUT2D eigenvalue weighted by molar-refractivity contribution is 8.04. The Morgan fingerprint density at radius 3 is 2.54 bits per heavy atom. The lowest BCUT2D eigenvalue weighted by atomic mass is 9.79. The first-order valence-electron chi connectivity index (χ1n) is 11.5. The van der Waals surface area contributed by atoms with E-state index in [0.29, 0.717) is 11.6 Å². The number of morpholine rings is 1. The van der Waals surface area contributed by atoms with Gasteiger partial charge in [-0.25, -0.2) is 0 Å². The van der Waals surface area contributed by atoms with Gasteiger partial charge in [0.1, 0.15) is 10.7 Å². The Labute approximate surface area is 218 Å². The second-order valence-electron chi connectivity index (χ2n) is 9.43. The smallest absolute Gasteiger partial charge is 0.262 e. The summed E-state index contributed by atoms with van der Waals surface area (Å²) in [7, 11) is 0. The number of benzene rings is 2. The van der Waals surface area contributed by atoms with Crippen LogP contribution in [0.3, 0.4) is 0 Å². The lowest BCUT2D eigenvalue weighted by Crippen LogP contribution is -2.50. The molecule has 2 aromatic carbocycles. The van der Waals surface area contributed by atoms with Gasteiger partial charge in [-0.05, 0) is 66.1 Å². The van der Waals surface area contributed by atoms with E-state index < -0.39 is 5.54 Å². The number of aliphatic hydroxyl groups excluding tert-OH is 1. The molecule has 2 N–H and O–H groups in total. The van der Waals surface area contributed by atoms with E-state index in [1.807, 2.05) is 35.0 Å². The lowest BCUT2D eigenvalue weighted by Gasteiger charge is -2.40. The Morgan fingerprint density at radius 1 is 1.11 bits per heavy atom. The number of carbonyl (C=O) groups excluding carboxylic acids is 1. The van der Waals surface area contributed by atoms with Crippen LogP contribution in [-0.2, 0) is 15.1 Å². The topological polar surface area (TPSA) is 61.8 Å². The molecule has 1 unspecified atom stereocenters. The fraction of sp³-hybridized carbons (Fsp3) is 0.296. The number of ether oxygens (including phenoxy) is 1. The third-order valence-corrected chi connectivity index (χ3v) is 8.77. The number of thiophene rings is 1. The minimum absolute atomic E-state index is 0.0591. The Hall–Kier alpha value is -2.45. The molecule has 2 aliphatic heterocycles. The van der Waals surface area contributed by atoms with E-state index in [1.54, 1.807) is 17.4 Å². The number of carbonyl (C=O) groups is 1. The normalized spacial score (nSPS) is 22.3. The van der Waals surface area contributed by atoms with Crippen molar-refractivity contribution in [3.63, 3.8) is 0 Å². The maximum atomic E-state index is 13.4. The third kappa shape index (κ3) is 4.83. The second kappa shape index (κ2) is 9.54. The Balaban J connectivity index is 1.48. The van der Waals surface area contributed by atoms with Gasteiger partial charge in [-0.3, -0.25) is 4.79 Å². The summed E-state index contributed by atoms with van der Waals surface area (Å²) < 4.78 is 5.85. The van der Waals surface area contributed by atoms with Crippen molar-refractivity contribution in [3.05, 3.63) is 92.2 Å². The number of hydrogen-bond donors (Lipinski definition) is 2. The minimum atomic E-state index is -0.853. The average molecular weight is 527 g/mol. The molecule has 0 saturated carbocycles. The molecule has 1 atom stereocenters. The van der Waals surface area contributed by atoms with E-state index in [9.17, 15) is 9.90 Å². The Morgan fingerprint density at radius 2 is 1.89 bits per heavy atom. The molecule has 5 rings (SSSR count). The SMILES string of the molecule is CC1(C)CN(c2ccc(C3(c4ccsc4)CC(O)=C(Sc4ccccc4Cl)C(=O)N3)cc2)CCO1. The highest BCUT2D eigenvalue weighted by Crippen LogP contribution is 2.44. The molecule has 1 fully saturated rings. The zero-order valence-electron chi connectivity index (χ0n) is 19.6. The molecular formula is C27H27ClN2O3S2. The molecule has 182 valence electrons. The molecule has 2 aliphatic rings. The summed E-state index contributed by atoms with van der Waals surface area (Å²) in [5.74, 6) is -0.257. The van der Waals surface area contributed by atoms with Crippen molar-refractivity contribution >= 4 is 46.3 Å². The minimum Gasteiger partial charge on any atom is -0.511 e. The summed E-state index contributed by atoms with van der Waals surface area (Å²) in [5.41, 5.74) is 1.94. The van der Waals surface area contributed by atoms with Crippen LogP contribution in [0.25, 0.3) is 0 Å². The standard InChI is InChI=1S/C27H27ClN2O3S2/c1-26(2)17-30(12-13-33-26)20-9-7-18(8-10-20)27(19-11-14-34-16-19)15-22(31)24(25(32)29-27)35-23-6-4-3-5-21(23)28/h3-11,14,16,31H,12-13,15,17H2,1-2H3,(H,29,32). The van der Waals surface area contributed by atoms with Crippen molar-refractivity contribution in [3.8, 4) is 0 Å². The molecule has 8 heteroatoms. The number of aliphatic hydroxyl groups is 1. The van der Waals surface area contributed by atoms with Crippen molar-refractivity contribution in [2.75, 3.05) is 24.6 Å². The molecule has 3 aromatic rings. The number of rotatable bonds is 5. The van der Waals surface area contributed by atoms with E-state index in [0.717, 1.165) is 34.8 Å². The number of amides is 1. The monoisotopic (exact) mass is 526 g/mol. The Kier molecular flexibility index (Phi) is 6.61. The van der Waals surface area contributed by atoms with Crippen molar-refractivity contribution in [1.29, 1.82) is 0 Å². The van der Waals surface area contributed by atoms with Gasteiger partial charge in [-0.1, -0.05) is 47.6 Å². The van der Waals surface area contributed by atoms with Gasteiger partial charge in [-0.2, -0.15) is 11.3 Å². The number of thioether (sulfide) groups is 1. The van der Waals surface area contributed by atoms with E-state index >= 15 is 0 Å². The van der Waals surface area contributed by atoms with Gasteiger partial charge in [0.2, 0.25) is 0 Å². The van der Waals surface area contributed by atoms with E-state index in [2.05, 4.69) is 48.3 Å². The highest BCUT2D eigenvalue weighted by atomic mass is 35.5. The molecule has 1 aromatic heterocycles. The molecular weight excluding hydrogens is 500 g/mol. The van der Waals surface area contributed by atoms with Crippen molar-refractivity contribution in [2.24, 2.45) is 0 Å². The summed E-state index contributed by atoms with van der Waals surface area (Å²) in [5, 5.41) is 18.9. The van der Waals surface area contributed by atoms with Crippen LogP contribution in [0.15, 0.2) is 80.9 Å². The number of nitrogens with zero attached hydrogens (tertiary/aromatic N) is 1. The first kappa shape index (κ1) is 24.3. The van der Waals surface area contributed by atoms with E-state index in [-0.39, 0.29) is 28.6 Å². The quantitative estimate of drug-likeness (QED) is 0.406. The highest BCUT2D eigenvalue weighted by Gasteiger charge is 2.43. The van der Waals surface area contributed by atoms with Crippen molar-refractivity contribution in [1.82, 2.24) is 5.32 Å². The summed E-state index contributed by atoms with van der Waals surface area (Å²) in [6.07, 6.45) is 0.256. The van der Waals surface area contributed by atoms with Crippen LogP contribution in [0.4, 0.5) is 5.69 Å². The summed E-state index contributed by atoms with van der Waals surface area (Å²) in [4.78, 5) is 16.7. The van der Waals surface area contributed by atoms with Crippen molar-refractivity contribution < 1.29 is 14.6 Å². The number of halogens is 1. The molecule has 0 aliphatic carbocycles. The van der Waals surface area contributed by atoms with Gasteiger partial charge >= 0.3 is 0 Å². The largest absolute Gasteiger partial charge is 0.511 e. The maximum Gasteiger partial charge on any atom is 0.262 e. The van der Waals surface area contributed by atoms with Gasteiger partial charge in [0, 0.05) is 30.1 Å². The van der Waals surface area contributed by atoms with Crippen LogP contribution >= 0.6 is 34.7 Å². The van der Waals surface area contributed by atoms with E-state index in [4.69, 9.17) is 16.3 Å². The molecule has 0 spiro atoms. The van der Waals surface area contributed by atoms with Crippen LogP contribution < -0.4 is 10.2 Å². The van der Waals surface area contributed by atoms with Gasteiger partial charge in [-0.15, -0.1) is 0 Å². The fourth-order valence-corrected chi connectivity index (χ4v) is 6.56. The predicted octanol–water partition coefficient (Wildman–Crippen LogP) is 6.34. The molecule has 3 heterocycles. The maximum absolute atomic E-state index is 13.4. The summed E-state index contributed by atoms with van der Waals surface area (Å²) >= 11 is 9.06. The summed E-state index contributed by atoms with van der Waals surface area (Å²) in [6.45, 7) is 6.54. The molecule has 1 amide bonds. The molecule has 0 radical (unpaired) electrons. The van der Waals surface area contributed by atoms with Crippen LogP contribution in [0.2, 0.25) is 5.02 Å². The molecule has 1 saturated heterocycles. The first-order valence-corrected chi connectivity index (χ1v) is 13.6. The third-order valence-electron chi connectivity index (χ3n) is 6.44. The van der Waals surface area contributed by atoms with Gasteiger partial charge in [0.05, 0.1) is 22.8 Å². The van der Waals surface area contributed by atoms with E-state index in [1.165, 1.54) is 11.8 Å². The zero-order chi connectivity index (χ0) is 24.6. The molecule has 0 bridgehead atoms. The zero-order valence-corrected chi connectivity index (χ0v) is 22.0. The van der Waals surface area contributed by atoms with Gasteiger partial charge < -0.3 is 20.1 Å². The van der Waals surface area contributed by atoms with Gasteiger partial charge in [0.15, 0.2) is 0 Å². The predicted molar refractivity (Wildman–Crippen MR) is 144 cm³/mol. The lowest BCUT2D eigenvalue weighted by molar-refractivity contribution is -0.119. The second-order valence-corrected chi connectivity index (χ2v) is 11.7. The van der Waals surface area contributed by atoms with Crippen LogP contribution in [0.1, 0.15) is 31.4 Å². The average Bonchev–Trinajstić information content (AvgIpc) is 3.38. The molecule has 35 heavy (non-hydrogen) atoms. The van der Waals surface area contributed by atoms with Gasteiger partial charge in [0.25, 0.3) is 5.91 Å². The van der Waals surface area contributed by atoms with Crippen molar-refractivity contribution in [2.45, 2.75) is 36.3 Å². The molecule has 5 nitrogen and oxygen atoms in total. The number of hydrogen-bond acceptors (Lipinski definition) is 6.